The number of thiol groups is 1. The zero-order valence-corrected chi connectivity index (χ0v) is 12.2. The first-order chi connectivity index (χ1) is 9.04. The minimum Gasteiger partial charge on any atom is -0.392 e. The molecule has 0 radical (unpaired) electrons. The molecule has 6 heteroatoms. The van der Waals surface area contributed by atoms with E-state index in [1.165, 1.54) is 4.68 Å². The second-order valence-electron chi connectivity index (χ2n) is 4.29. The summed E-state index contributed by atoms with van der Waals surface area (Å²) < 4.78 is 1.48. The lowest BCUT2D eigenvalue weighted by Crippen LogP contribution is -2.27. The molecule has 2 aromatic heterocycles. The molecule has 5 nitrogen and oxygen atoms in total. The third-order valence-electron chi connectivity index (χ3n) is 2.47. The lowest BCUT2D eigenvalue weighted by molar-refractivity contribution is -0.00868. The van der Waals surface area contributed by atoms with Gasteiger partial charge in [0.05, 0.1) is 18.0 Å². The van der Waals surface area contributed by atoms with E-state index in [0.717, 1.165) is 0 Å². The maximum Gasteiger partial charge on any atom is 0.152 e. The summed E-state index contributed by atoms with van der Waals surface area (Å²) in [5.41, 5.74) is 0.915. The Morgan fingerprint density at radius 2 is 1.95 bits per heavy atom. The maximum atomic E-state index is 9.99. The molecular weight excluding hydrogens is 262 g/mol. The number of nitrogens with zero attached hydrogens (tertiary/aromatic N) is 3. The zero-order chi connectivity index (χ0) is 14.5. The van der Waals surface area contributed by atoms with Crippen molar-refractivity contribution in [2.75, 3.05) is 6.26 Å². The van der Waals surface area contributed by atoms with Crippen molar-refractivity contribution in [3.05, 3.63) is 36.2 Å². The molecule has 0 atom stereocenters. The second-order valence-corrected chi connectivity index (χ2v) is 4.29. The van der Waals surface area contributed by atoms with Gasteiger partial charge in [-0.3, -0.25) is 4.98 Å². The number of aliphatic hydroxyl groups is 2. The van der Waals surface area contributed by atoms with Crippen molar-refractivity contribution in [3.63, 3.8) is 0 Å². The van der Waals surface area contributed by atoms with Crippen LogP contribution in [0.4, 0.5) is 0 Å². The predicted molar refractivity (Wildman–Crippen MR) is 77.8 cm³/mol. The normalized spacial score (nSPS) is 10.8. The molecule has 0 bridgehead atoms. The van der Waals surface area contributed by atoms with E-state index < -0.39 is 5.72 Å². The minimum atomic E-state index is -1.11. The van der Waals surface area contributed by atoms with E-state index in [1.54, 1.807) is 50.7 Å². The molecule has 2 heterocycles. The summed E-state index contributed by atoms with van der Waals surface area (Å²) in [4.78, 5) is 4.23. The number of hydrogen-bond donors (Lipinski definition) is 3. The Kier molecular flexibility index (Phi) is 5.53. The van der Waals surface area contributed by atoms with Crippen LogP contribution in [0.1, 0.15) is 19.4 Å². The van der Waals surface area contributed by atoms with Crippen molar-refractivity contribution >= 4 is 12.6 Å². The van der Waals surface area contributed by atoms with Gasteiger partial charge in [0.25, 0.3) is 0 Å². The van der Waals surface area contributed by atoms with Crippen LogP contribution in [0, 0.1) is 0 Å². The summed E-state index contributed by atoms with van der Waals surface area (Å²) in [5, 5.41) is 23.4. The summed E-state index contributed by atoms with van der Waals surface area (Å²) in [5.74, 6) is 0. The van der Waals surface area contributed by atoms with Gasteiger partial charge in [-0.2, -0.15) is 17.7 Å². The van der Waals surface area contributed by atoms with Crippen LogP contribution in [0.15, 0.2) is 30.6 Å². The van der Waals surface area contributed by atoms with Crippen LogP contribution >= 0.6 is 12.6 Å². The van der Waals surface area contributed by atoms with Crippen molar-refractivity contribution in [2.24, 2.45) is 0 Å². The van der Waals surface area contributed by atoms with E-state index in [-0.39, 0.29) is 6.61 Å². The minimum absolute atomic E-state index is 0.0970. The lowest BCUT2D eigenvalue weighted by Gasteiger charge is -2.21. The van der Waals surface area contributed by atoms with E-state index in [2.05, 4.69) is 22.7 Å². The number of hydrogen-bond acceptors (Lipinski definition) is 5. The maximum absolute atomic E-state index is 9.99. The average molecular weight is 281 g/mol. The molecule has 0 aliphatic carbocycles. The van der Waals surface area contributed by atoms with Crippen molar-refractivity contribution in [2.45, 2.75) is 26.2 Å². The molecule has 2 N–H and O–H groups in total. The Morgan fingerprint density at radius 1 is 1.26 bits per heavy atom. The molecule has 0 fully saturated rings. The molecule has 0 aliphatic heterocycles. The van der Waals surface area contributed by atoms with Crippen molar-refractivity contribution in [1.29, 1.82) is 0 Å². The molecule has 0 saturated carbocycles. The topological polar surface area (TPSA) is 71.2 Å². The summed E-state index contributed by atoms with van der Waals surface area (Å²) in [7, 11) is 0. The summed E-state index contributed by atoms with van der Waals surface area (Å²) in [6.07, 6.45) is 4.94. The molecular formula is C13H19N3O2S. The Labute approximate surface area is 118 Å². The van der Waals surface area contributed by atoms with Gasteiger partial charge in [0.1, 0.15) is 0 Å². The van der Waals surface area contributed by atoms with E-state index in [9.17, 15) is 10.2 Å². The standard InChI is InChI=1S/C12H15N3O2.CH4S/c1-12(2,17)15-10(5-7-14-15)11-9(8-16)4-3-6-13-11;1-2/h3-7,16-17H,8H2,1-2H3;2H,1H3. The molecule has 19 heavy (non-hydrogen) atoms. The number of aromatic nitrogens is 3. The molecule has 2 rings (SSSR count). The Balaban J connectivity index is 0.000000861. The van der Waals surface area contributed by atoms with E-state index >= 15 is 0 Å². The lowest BCUT2D eigenvalue weighted by atomic mass is 10.1. The molecule has 0 saturated heterocycles. The Bertz CT molecular complexity index is 521. The first-order valence-electron chi connectivity index (χ1n) is 5.81. The van der Waals surface area contributed by atoms with Crippen LogP contribution in [-0.4, -0.2) is 31.2 Å². The highest BCUT2D eigenvalue weighted by Crippen LogP contribution is 2.24. The fraction of sp³-hybridized carbons (Fsp3) is 0.385. The van der Waals surface area contributed by atoms with Crippen LogP contribution in [0.3, 0.4) is 0 Å². The average Bonchev–Trinajstić information content (AvgIpc) is 2.90. The first-order valence-corrected chi connectivity index (χ1v) is 6.70. The molecule has 0 unspecified atom stereocenters. The van der Waals surface area contributed by atoms with Crippen LogP contribution in [0.2, 0.25) is 0 Å². The third-order valence-corrected chi connectivity index (χ3v) is 2.47. The predicted octanol–water partition coefficient (Wildman–Crippen LogP) is 1.67. The number of pyridine rings is 1. The van der Waals surface area contributed by atoms with Gasteiger partial charge in [0.2, 0.25) is 0 Å². The van der Waals surface area contributed by atoms with Gasteiger partial charge in [-0.25, -0.2) is 4.68 Å². The summed E-state index contributed by atoms with van der Waals surface area (Å²) >= 11 is 3.53. The van der Waals surface area contributed by atoms with Crippen LogP contribution in [-0.2, 0) is 12.3 Å². The quantitative estimate of drug-likeness (QED) is 0.748. The SMILES string of the molecule is CC(C)(O)n1nccc1-c1ncccc1CO.CS. The van der Waals surface area contributed by atoms with Gasteiger partial charge >= 0.3 is 0 Å². The van der Waals surface area contributed by atoms with Gasteiger partial charge in [-0.05, 0) is 32.2 Å². The Morgan fingerprint density at radius 3 is 2.53 bits per heavy atom. The van der Waals surface area contributed by atoms with E-state index in [4.69, 9.17) is 0 Å². The summed E-state index contributed by atoms with van der Waals surface area (Å²) in [6, 6.07) is 5.32. The smallest absolute Gasteiger partial charge is 0.152 e. The molecule has 0 spiro atoms. The zero-order valence-electron chi connectivity index (χ0n) is 11.3. The highest BCUT2D eigenvalue weighted by molar-refractivity contribution is 7.79. The van der Waals surface area contributed by atoms with Crippen LogP contribution in [0.5, 0.6) is 0 Å². The molecule has 0 aromatic carbocycles. The Hall–Kier alpha value is -1.37. The molecule has 104 valence electrons. The second kappa shape index (κ2) is 6.70. The van der Waals surface area contributed by atoms with E-state index in [1.807, 2.05) is 0 Å². The van der Waals surface area contributed by atoms with Crippen molar-refractivity contribution in [3.8, 4) is 11.4 Å². The van der Waals surface area contributed by atoms with Gasteiger partial charge in [-0.15, -0.1) is 0 Å². The van der Waals surface area contributed by atoms with Gasteiger partial charge in [0, 0.05) is 18.0 Å². The molecule has 0 amide bonds. The van der Waals surface area contributed by atoms with Gasteiger partial charge < -0.3 is 10.2 Å². The number of rotatable bonds is 3. The van der Waals surface area contributed by atoms with Crippen molar-refractivity contribution < 1.29 is 10.2 Å². The summed E-state index contributed by atoms with van der Waals surface area (Å²) in [6.45, 7) is 3.19. The molecule has 2 aromatic rings. The monoisotopic (exact) mass is 281 g/mol. The first kappa shape index (κ1) is 15.7. The van der Waals surface area contributed by atoms with E-state index in [0.29, 0.717) is 17.0 Å². The fourth-order valence-corrected chi connectivity index (χ4v) is 1.72. The largest absolute Gasteiger partial charge is 0.392 e. The highest BCUT2D eigenvalue weighted by Gasteiger charge is 2.21. The van der Waals surface area contributed by atoms with Gasteiger partial charge in [0.15, 0.2) is 5.72 Å². The van der Waals surface area contributed by atoms with Gasteiger partial charge in [-0.1, -0.05) is 6.07 Å². The van der Waals surface area contributed by atoms with Crippen LogP contribution < -0.4 is 0 Å². The van der Waals surface area contributed by atoms with Crippen molar-refractivity contribution in [1.82, 2.24) is 14.8 Å². The third kappa shape index (κ3) is 3.56. The fourth-order valence-electron chi connectivity index (χ4n) is 1.72. The number of aliphatic hydroxyl groups excluding tert-OH is 1. The van der Waals surface area contributed by atoms with Crippen LogP contribution in [0.25, 0.3) is 11.4 Å². The molecule has 0 aliphatic rings. The highest BCUT2D eigenvalue weighted by atomic mass is 32.1.